The summed E-state index contributed by atoms with van der Waals surface area (Å²) in [4.78, 5) is 35.5. The highest BCUT2D eigenvalue weighted by molar-refractivity contribution is 5.89. The van der Waals surface area contributed by atoms with Crippen LogP contribution in [0.1, 0.15) is 50.0 Å². The molecule has 2 aromatic carbocycles. The smallest absolute Gasteiger partial charge is 0.338 e. The van der Waals surface area contributed by atoms with Gasteiger partial charge in [-0.3, -0.25) is 20.4 Å². The summed E-state index contributed by atoms with van der Waals surface area (Å²) in [7, 11) is 0. The molecule has 0 fully saturated rings. The van der Waals surface area contributed by atoms with Crippen molar-refractivity contribution in [2.45, 2.75) is 39.5 Å². The summed E-state index contributed by atoms with van der Waals surface area (Å²) in [6.45, 7) is 8.06. The van der Waals surface area contributed by atoms with E-state index >= 15 is 0 Å². The zero-order valence-corrected chi connectivity index (χ0v) is 18.9. The molecule has 2 N–H and O–H groups in total. The Bertz CT molecular complexity index is 902. The number of amides is 2. The first-order chi connectivity index (χ1) is 15.2. The van der Waals surface area contributed by atoms with Crippen LogP contribution < -0.4 is 20.3 Å². The Balaban J connectivity index is 1.68. The highest BCUT2D eigenvalue weighted by atomic mass is 16.5. The summed E-state index contributed by atoms with van der Waals surface area (Å²) in [6.07, 6.45) is 0.745. The lowest BCUT2D eigenvalue weighted by Gasteiger charge is -2.19. The van der Waals surface area contributed by atoms with Crippen molar-refractivity contribution in [2.75, 3.05) is 19.8 Å². The molecular formula is C24H30N2O6. The molecule has 172 valence electrons. The van der Waals surface area contributed by atoms with Gasteiger partial charge in [-0.15, -0.1) is 0 Å². The third-order valence-electron chi connectivity index (χ3n) is 4.33. The van der Waals surface area contributed by atoms with Crippen LogP contribution in [0.5, 0.6) is 11.5 Å². The summed E-state index contributed by atoms with van der Waals surface area (Å²) < 4.78 is 15.8. The van der Waals surface area contributed by atoms with Crippen LogP contribution in [-0.4, -0.2) is 37.6 Å². The zero-order valence-electron chi connectivity index (χ0n) is 18.9. The van der Waals surface area contributed by atoms with Crippen LogP contribution in [0.25, 0.3) is 0 Å². The van der Waals surface area contributed by atoms with Crippen LogP contribution in [0, 0.1) is 0 Å². The third kappa shape index (κ3) is 8.29. The predicted molar refractivity (Wildman–Crippen MR) is 119 cm³/mol. The average Bonchev–Trinajstić information content (AvgIpc) is 2.78. The Morgan fingerprint density at radius 3 is 1.69 bits per heavy atom. The molecule has 0 spiro atoms. The number of rotatable bonds is 9. The Hall–Kier alpha value is -3.55. The van der Waals surface area contributed by atoms with Crippen molar-refractivity contribution in [3.05, 3.63) is 59.7 Å². The molecule has 0 aliphatic heterocycles. The fraction of sp³-hybridized carbons (Fsp3) is 0.375. The molecule has 0 bridgehead atoms. The van der Waals surface area contributed by atoms with Gasteiger partial charge in [-0.2, -0.15) is 0 Å². The van der Waals surface area contributed by atoms with Gasteiger partial charge in [0.15, 0.2) is 13.2 Å². The second-order valence-electron chi connectivity index (χ2n) is 8.11. The van der Waals surface area contributed by atoms with E-state index in [2.05, 4.69) is 31.6 Å². The molecule has 32 heavy (non-hydrogen) atoms. The topological polar surface area (TPSA) is 103 Å². The van der Waals surface area contributed by atoms with E-state index in [9.17, 15) is 14.4 Å². The van der Waals surface area contributed by atoms with Crippen molar-refractivity contribution < 1.29 is 28.6 Å². The lowest BCUT2D eigenvalue weighted by molar-refractivity contribution is -0.131. The van der Waals surface area contributed by atoms with Gasteiger partial charge in [0, 0.05) is 0 Å². The van der Waals surface area contributed by atoms with Crippen LogP contribution in [0.15, 0.2) is 48.5 Å². The molecule has 8 heteroatoms. The Kier molecular flexibility index (Phi) is 9.07. The lowest BCUT2D eigenvalue weighted by atomic mass is 9.87. The van der Waals surface area contributed by atoms with E-state index in [1.54, 1.807) is 36.4 Å². The molecule has 0 aliphatic rings. The van der Waals surface area contributed by atoms with Crippen molar-refractivity contribution >= 4 is 17.8 Å². The molecule has 2 aromatic rings. The zero-order chi connectivity index (χ0) is 23.6. The minimum absolute atomic E-state index is 0.0325. The van der Waals surface area contributed by atoms with Gasteiger partial charge in [0.1, 0.15) is 11.5 Å². The maximum absolute atomic E-state index is 11.9. The fourth-order valence-electron chi connectivity index (χ4n) is 2.53. The van der Waals surface area contributed by atoms with Gasteiger partial charge in [-0.05, 0) is 53.8 Å². The average molecular weight is 443 g/mol. The van der Waals surface area contributed by atoms with Crippen LogP contribution >= 0.6 is 0 Å². The lowest BCUT2D eigenvalue weighted by Crippen LogP contribution is -2.45. The molecule has 0 aromatic heterocycles. The van der Waals surface area contributed by atoms with Gasteiger partial charge < -0.3 is 14.2 Å². The number of hydrazine groups is 1. The summed E-state index contributed by atoms with van der Waals surface area (Å²) in [5.41, 5.74) is 6.11. The van der Waals surface area contributed by atoms with E-state index in [1.807, 2.05) is 19.1 Å². The monoisotopic (exact) mass is 442 g/mol. The van der Waals surface area contributed by atoms with Crippen molar-refractivity contribution in [3.8, 4) is 11.5 Å². The highest BCUT2D eigenvalue weighted by Crippen LogP contribution is 2.24. The quantitative estimate of drug-likeness (QED) is 0.457. The summed E-state index contributed by atoms with van der Waals surface area (Å²) >= 11 is 0. The first-order valence-corrected chi connectivity index (χ1v) is 10.4. The Labute approximate surface area is 188 Å². The summed E-state index contributed by atoms with van der Waals surface area (Å²) in [5, 5.41) is 0. The van der Waals surface area contributed by atoms with Crippen LogP contribution in [0.3, 0.4) is 0 Å². The van der Waals surface area contributed by atoms with Gasteiger partial charge in [-0.25, -0.2) is 4.79 Å². The first kappa shape index (κ1) is 24.7. The number of carbonyl (C=O) groups is 3. The molecule has 2 rings (SSSR count). The van der Waals surface area contributed by atoms with Gasteiger partial charge in [0.05, 0.1) is 12.2 Å². The number of ether oxygens (including phenoxy) is 3. The molecule has 0 atom stereocenters. The molecule has 0 saturated carbocycles. The maximum atomic E-state index is 11.9. The van der Waals surface area contributed by atoms with E-state index in [0.717, 1.165) is 12.0 Å². The largest absolute Gasteiger partial charge is 0.484 e. The number of carbonyl (C=O) groups excluding carboxylic acids is 3. The van der Waals surface area contributed by atoms with E-state index < -0.39 is 17.8 Å². The molecule has 0 radical (unpaired) electrons. The molecule has 8 nitrogen and oxygen atoms in total. The number of nitrogens with one attached hydrogen (secondary N) is 2. The number of esters is 1. The van der Waals surface area contributed by atoms with Crippen LogP contribution in [-0.2, 0) is 19.7 Å². The first-order valence-electron chi connectivity index (χ1n) is 10.4. The highest BCUT2D eigenvalue weighted by Gasteiger charge is 2.13. The summed E-state index contributed by atoms with van der Waals surface area (Å²) in [5.74, 6) is -0.496. The van der Waals surface area contributed by atoms with E-state index in [0.29, 0.717) is 23.7 Å². The van der Waals surface area contributed by atoms with Crippen LogP contribution in [0.2, 0.25) is 0 Å². The van der Waals surface area contributed by atoms with Crippen molar-refractivity contribution in [1.82, 2.24) is 10.9 Å². The molecular weight excluding hydrogens is 412 g/mol. The minimum atomic E-state index is -0.542. The number of hydrogen-bond acceptors (Lipinski definition) is 6. The van der Waals surface area contributed by atoms with Gasteiger partial charge in [-0.1, -0.05) is 39.8 Å². The molecule has 0 saturated heterocycles. The minimum Gasteiger partial charge on any atom is -0.484 e. The Morgan fingerprint density at radius 2 is 1.25 bits per heavy atom. The van der Waals surface area contributed by atoms with Gasteiger partial charge in [0.2, 0.25) is 0 Å². The standard InChI is InChI=1S/C24H30N2O6/c1-5-14-30-23(29)17-6-10-19(11-7-17)31-15-21(27)25-26-22(28)16-32-20-12-8-18(9-13-20)24(2,3)4/h6-13H,5,14-16H2,1-4H3,(H,25,27)(H,26,28). The molecule has 0 heterocycles. The molecule has 2 amide bonds. The number of hydrogen-bond donors (Lipinski definition) is 2. The van der Waals surface area contributed by atoms with Gasteiger partial charge in [0.25, 0.3) is 11.8 Å². The third-order valence-corrected chi connectivity index (χ3v) is 4.33. The van der Waals surface area contributed by atoms with Crippen LogP contribution in [0.4, 0.5) is 0 Å². The maximum Gasteiger partial charge on any atom is 0.338 e. The second-order valence-corrected chi connectivity index (χ2v) is 8.11. The van der Waals surface area contributed by atoms with E-state index in [4.69, 9.17) is 14.2 Å². The number of benzene rings is 2. The van der Waals surface area contributed by atoms with Gasteiger partial charge >= 0.3 is 5.97 Å². The van der Waals surface area contributed by atoms with Crippen molar-refractivity contribution in [3.63, 3.8) is 0 Å². The molecule has 0 unspecified atom stereocenters. The van der Waals surface area contributed by atoms with E-state index in [1.165, 1.54) is 0 Å². The Morgan fingerprint density at radius 1 is 0.781 bits per heavy atom. The molecule has 0 aliphatic carbocycles. The van der Waals surface area contributed by atoms with Crippen molar-refractivity contribution in [2.24, 2.45) is 0 Å². The SMILES string of the molecule is CCCOC(=O)c1ccc(OCC(=O)NNC(=O)COc2ccc(C(C)(C)C)cc2)cc1. The fourth-order valence-corrected chi connectivity index (χ4v) is 2.53. The van der Waals surface area contributed by atoms with E-state index in [-0.39, 0.29) is 18.6 Å². The summed E-state index contributed by atoms with van der Waals surface area (Å²) in [6, 6.07) is 13.7. The second kappa shape index (κ2) is 11.7. The predicted octanol–water partition coefficient (Wildman–Crippen LogP) is 3.16. The normalized spacial score (nSPS) is 10.8. The van der Waals surface area contributed by atoms with Crippen molar-refractivity contribution in [1.29, 1.82) is 0 Å².